The number of carbonyl (C=O) groups excluding carboxylic acids is 2. The summed E-state index contributed by atoms with van der Waals surface area (Å²) in [6.45, 7) is 0. The summed E-state index contributed by atoms with van der Waals surface area (Å²) >= 11 is 12.1. The molecule has 1 N–H and O–H groups in total. The van der Waals surface area contributed by atoms with E-state index in [1.165, 1.54) is 18.3 Å². The Labute approximate surface area is 185 Å². The van der Waals surface area contributed by atoms with Crippen LogP contribution in [0.25, 0.3) is 0 Å². The molecule has 1 unspecified atom stereocenters. The number of hydrogen-bond donors (Lipinski definition) is 1. The summed E-state index contributed by atoms with van der Waals surface area (Å²) in [7, 11) is -3.47. The minimum Gasteiger partial charge on any atom is -0.310 e. The van der Waals surface area contributed by atoms with Crippen LogP contribution in [0.2, 0.25) is 10.0 Å². The Hall–Kier alpha value is -1.96. The van der Waals surface area contributed by atoms with E-state index in [9.17, 15) is 18.0 Å². The van der Waals surface area contributed by atoms with Gasteiger partial charge >= 0.3 is 0 Å². The number of pyridine rings is 1. The van der Waals surface area contributed by atoms with Gasteiger partial charge in [-0.05, 0) is 55.0 Å². The molecule has 9 heteroatoms. The zero-order valence-electron chi connectivity index (χ0n) is 16.4. The Morgan fingerprint density at radius 3 is 2.47 bits per heavy atom. The number of nitrogens with one attached hydrogen (secondary N) is 1. The first-order valence-corrected chi connectivity index (χ1v) is 12.2. The molecule has 1 saturated carbocycles. The van der Waals surface area contributed by atoms with E-state index in [0.717, 1.165) is 19.1 Å². The zero-order valence-corrected chi connectivity index (χ0v) is 18.7. The van der Waals surface area contributed by atoms with E-state index < -0.39 is 15.8 Å². The van der Waals surface area contributed by atoms with E-state index in [-0.39, 0.29) is 27.5 Å². The van der Waals surface area contributed by atoms with Gasteiger partial charge in [-0.2, -0.15) is 0 Å². The van der Waals surface area contributed by atoms with Crippen molar-refractivity contribution in [2.75, 3.05) is 11.6 Å². The highest BCUT2D eigenvalue weighted by Gasteiger charge is 2.29. The van der Waals surface area contributed by atoms with E-state index in [4.69, 9.17) is 23.2 Å². The monoisotopic (exact) mass is 468 g/mol. The molecule has 30 heavy (non-hydrogen) atoms. The number of halogens is 2. The summed E-state index contributed by atoms with van der Waals surface area (Å²) in [5.41, 5.74) is 0.621. The van der Waals surface area contributed by atoms with Crippen LogP contribution in [-0.2, 0) is 19.4 Å². The van der Waals surface area contributed by atoms with Crippen LogP contribution in [0.1, 0.15) is 43.6 Å². The van der Waals surface area contributed by atoms with Crippen LogP contribution in [0, 0.1) is 5.92 Å². The van der Waals surface area contributed by atoms with Gasteiger partial charge in [-0.15, -0.1) is 0 Å². The second-order valence-corrected chi connectivity index (χ2v) is 10.4. The molecular formula is C21H22Cl2N2O4S. The largest absolute Gasteiger partial charge is 0.310 e. The van der Waals surface area contributed by atoms with Crippen molar-refractivity contribution >= 4 is 50.5 Å². The van der Waals surface area contributed by atoms with Gasteiger partial charge < -0.3 is 5.32 Å². The van der Waals surface area contributed by atoms with Gasteiger partial charge in [0, 0.05) is 25.3 Å². The number of Topliss-reactive ketones (excluding diaryl/α,β-unsaturated/α-hetero) is 1. The maximum Gasteiger partial charge on any atom is 0.233 e. The number of ketones is 1. The van der Waals surface area contributed by atoms with E-state index in [0.29, 0.717) is 35.7 Å². The number of sulfone groups is 1. The third-order valence-electron chi connectivity index (χ3n) is 5.28. The summed E-state index contributed by atoms with van der Waals surface area (Å²) in [6, 6.07) is 7.82. The summed E-state index contributed by atoms with van der Waals surface area (Å²) < 4.78 is 23.7. The first kappa shape index (κ1) is 22.7. The molecule has 1 fully saturated rings. The van der Waals surface area contributed by atoms with Crippen LogP contribution in [0.4, 0.5) is 5.82 Å². The number of anilines is 1. The van der Waals surface area contributed by atoms with Gasteiger partial charge in [0.25, 0.3) is 0 Å². The molecule has 1 aromatic heterocycles. The van der Waals surface area contributed by atoms with Crippen molar-refractivity contribution in [2.24, 2.45) is 5.92 Å². The van der Waals surface area contributed by atoms with Crippen LogP contribution in [0.3, 0.4) is 0 Å². The van der Waals surface area contributed by atoms with Crippen LogP contribution in [0.15, 0.2) is 41.4 Å². The smallest absolute Gasteiger partial charge is 0.233 e. The molecule has 0 aliphatic heterocycles. The van der Waals surface area contributed by atoms with Crippen LogP contribution < -0.4 is 5.32 Å². The van der Waals surface area contributed by atoms with Crippen molar-refractivity contribution in [2.45, 2.75) is 42.9 Å². The van der Waals surface area contributed by atoms with Crippen molar-refractivity contribution in [3.05, 3.63) is 52.1 Å². The molecule has 160 valence electrons. The second kappa shape index (κ2) is 9.45. The minimum absolute atomic E-state index is 0.0229. The predicted octanol–water partition coefficient (Wildman–Crippen LogP) is 4.66. The Morgan fingerprint density at radius 2 is 1.90 bits per heavy atom. The summed E-state index contributed by atoms with van der Waals surface area (Å²) in [5.74, 6) is -0.00749. The van der Waals surface area contributed by atoms with Gasteiger partial charge in [-0.3, -0.25) is 9.59 Å². The maximum atomic E-state index is 13.1. The predicted molar refractivity (Wildman–Crippen MR) is 117 cm³/mol. The van der Waals surface area contributed by atoms with Gasteiger partial charge in [0.05, 0.1) is 20.9 Å². The average Bonchev–Trinajstić information content (AvgIpc) is 2.68. The fourth-order valence-electron chi connectivity index (χ4n) is 3.66. The number of amides is 1. The summed E-state index contributed by atoms with van der Waals surface area (Å²) in [5, 5.41) is 3.33. The van der Waals surface area contributed by atoms with Crippen molar-refractivity contribution in [1.82, 2.24) is 4.98 Å². The van der Waals surface area contributed by atoms with Gasteiger partial charge in [0.2, 0.25) is 5.91 Å². The van der Waals surface area contributed by atoms with E-state index in [2.05, 4.69) is 10.3 Å². The van der Waals surface area contributed by atoms with E-state index in [1.54, 1.807) is 18.2 Å². The van der Waals surface area contributed by atoms with Gasteiger partial charge in [-0.1, -0.05) is 29.3 Å². The third-order valence-corrected chi connectivity index (χ3v) is 7.09. The highest BCUT2D eigenvalue weighted by Crippen LogP contribution is 2.35. The Balaban J connectivity index is 1.88. The molecule has 6 nitrogen and oxygen atoms in total. The molecule has 0 radical (unpaired) electrons. The molecule has 1 heterocycles. The normalized spacial score (nSPS) is 16.3. The Kier molecular flexibility index (Phi) is 7.16. The number of benzene rings is 1. The molecule has 1 aliphatic carbocycles. The number of rotatable bonds is 6. The zero-order chi connectivity index (χ0) is 21.9. The first-order chi connectivity index (χ1) is 14.1. The molecule has 1 atom stereocenters. The van der Waals surface area contributed by atoms with Gasteiger partial charge in [0.1, 0.15) is 11.6 Å². The Bertz CT molecular complexity index is 1050. The molecule has 2 aromatic rings. The molecule has 0 bridgehead atoms. The lowest BCUT2D eigenvalue weighted by molar-refractivity contribution is -0.121. The average molecular weight is 469 g/mol. The topological polar surface area (TPSA) is 93.2 Å². The van der Waals surface area contributed by atoms with Crippen molar-refractivity contribution in [3.8, 4) is 0 Å². The molecule has 1 amide bonds. The van der Waals surface area contributed by atoms with Crippen molar-refractivity contribution in [3.63, 3.8) is 0 Å². The molecule has 1 aromatic carbocycles. The van der Waals surface area contributed by atoms with Crippen LogP contribution >= 0.6 is 23.2 Å². The SMILES string of the molecule is CS(=O)(=O)c1ccc(C(CC2CCC(=O)CC2)C(=O)Nc2ccc(Cl)cn2)cc1Cl. The highest BCUT2D eigenvalue weighted by atomic mass is 35.5. The lowest BCUT2D eigenvalue weighted by atomic mass is 9.80. The number of nitrogens with zero attached hydrogens (tertiary/aromatic N) is 1. The molecule has 0 spiro atoms. The van der Waals surface area contributed by atoms with Gasteiger partial charge in [-0.25, -0.2) is 13.4 Å². The van der Waals surface area contributed by atoms with Crippen LogP contribution in [-0.4, -0.2) is 31.3 Å². The summed E-state index contributed by atoms with van der Waals surface area (Å²) in [6.07, 6.45) is 5.56. The number of carbonyl (C=O) groups is 2. The molecular weight excluding hydrogens is 447 g/mol. The first-order valence-electron chi connectivity index (χ1n) is 9.57. The van der Waals surface area contributed by atoms with Gasteiger partial charge in [0.15, 0.2) is 9.84 Å². The third kappa shape index (κ3) is 5.80. The van der Waals surface area contributed by atoms with Crippen molar-refractivity contribution < 1.29 is 18.0 Å². The van der Waals surface area contributed by atoms with Crippen LogP contribution in [0.5, 0.6) is 0 Å². The molecule has 1 aliphatic rings. The lowest BCUT2D eigenvalue weighted by Gasteiger charge is -2.26. The number of hydrogen-bond acceptors (Lipinski definition) is 5. The maximum absolute atomic E-state index is 13.1. The highest BCUT2D eigenvalue weighted by molar-refractivity contribution is 7.90. The Morgan fingerprint density at radius 1 is 1.20 bits per heavy atom. The quantitative estimate of drug-likeness (QED) is 0.664. The van der Waals surface area contributed by atoms with E-state index in [1.807, 2.05) is 0 Å². The standard InChI is InChI=1S/C21H22Cl2N2O4S/c1-30(28,29)19-8-4-14(11-18(19)23)17(10-13-2-6-16(26)7-3-13)21(27)25-20-9-5-15(22)12-24-20/h4-5,8-9,11-13,17H,2-3,6-7,10H2,1H3,(H,24,25,27). The fourth-order valence-corrected chi connectivity index (χ4v) is 5.11. The summed E-state index contributed by atoms with van der Waals surface area (Å²) in [4.78, 5) is 28.8. The molecule has 0 saturated heterocycles. The van der Waals surface area contributed by atoms with E-state index >= 15 is 0 Å². The molecule has 3 rings (SSSR count). The lowest BCUT2D eigenvalue weighted by Crippen LogP contribution is -2.25. The minimum atomic E-state index is -3.47. The van der Waals surface area contributed by atoms with Crippen molar-refractivity contribution in [1.29, 1.82) is 0 Å². The number of aromatic nitrogens is 1. The second-order valence-electron chi connectivity index (χ2n) is 7.58. The fraction of sp³-hybridized carbons (Fsp3) is 0.381.